The van der Waals surface area contributed by atoms with E-state index >= 15 is 0 Å². The number of nitrogens with zero attached hydrogens (tertiary/aromatic N) is 2. The Labute approximate surface area is 154 Å². The zero-order valence-electron chi connectivity index (χ0n) is 13.8. The Kier molecular flexibility index (Phi) is 6.13. The Morgan fingerprint density at radius 3 is 2.46 bits per heavy atom. The van der Waals surface area contributed by atoms with Crippen LogP contribution in [-0.4, -0.2) is 18.7 Å². The fraction of sp³-hybridized carbons (Fsp3) is 0.278. The zero-order valence-corrected chi connectivity index (χ0v) is 14.6. The molecule has 3 rings (SSSR count). The van der Waals surface area contributed by atoms with Gasteiger partial charge in [-0.25, -0.2) is 4.39 Å². The molecule has 1 unspecified atom stereocenters. The molecule has 1 saturated heterocycles. The van der Waals surface area contributed by atoms with E-state index in [2.05, 4.69) is 4.99 Å². The number of halogens is 5. The number of alkyl halides is 3. The smallest absolute Gasteiger partial charge is 0.416 e. The molecule has 0 N–H and O–H groups in total. The Morgan fingerprint density at radius 1 is 1.15 bits per heavy atom. The van der Waals surface area contributed by atoms with E-state index in [0.29, 0.717) is 24.3 Å². The van der Waals surface area contributed by atoms with Crippen molar-refractivity contribution in [3.63, 3.8) is 0 Å². The molecule has 1 fully saturated rings. The first kappa shape index (κ1) is 20.0. The second-order valence-electron chi connectivity index (χ2n) is 5.68. The van der Waals surface area contributed by atoms with Gasteiger partial charge < -0.3 is 4.74 Å². The van der Waals surface area contributed by atoms with Crippen molar-refractivity contribution in [3.05, 3.63) is 59.9 Å². The largest absolute Gasteiger partial charge is 0.459 e. The molecule has 1 aliphatic rings. The van der Waals surface area contributed by atoms with E-state index in [1.807, 2.05) is 6.92 Å². The van der Waals surface area contributed by atoms with Crippen LogP contribution < -0.4 is 4.90 Å². The summed E-state index contributed by atoms with van der Waals surface area (Å²) in [7, 11) is 0. The van der Waals surface area contributed by atoms with Gasteiger partial charge in [0.2, 0.25) is 0 Å². The molecule has 0 amide bonds. The van der Waals surface area contributed by atoms with Crippen molar-refractivity contribution in [2.45, 2.75) is 25.6 Å². The van der Waals surface area contributed by atoms with Gasteiger partial charge >= 0.3 is 6.18 Å². The number of hydrogen-bond acceptors (Lipinski definition) is 2. The molecule has 2 aromatic carbocycles. The fourth-order valence-corrected chi connectivity index (χ4v) is 2.52. The fourth-order valence-electron chi connectivity index (χ4n) is 2.52. The van der Waals surface area contributed by atoms with Crippen molar-refractivity contribution in [3.8, 4) is 0 Å². The van der Waals surface area contributed by atoms with E-state index < -0.39 is 17.6 Å². The second kappa shape index (κ2) is 7.95. The Morgan fingerprint density at radius 2 is 1.85 bits per heavy atom. The summed E-state index contributed by atoms with van der Waals surface area (Å²) in [6.07, 6.45) is -3.90. The Hall–Kier alpha value is -2.28. The van der Waals surface area contributed by atoms with Gasteiger partial charge in [-0.15, -0.1) is 12.4 Å². The first-order valence-corrected chi connectivity index (χ1v) is 7.82. The van der Waals surface area contributed by atoms with Crippen molar-refractivity contribution >= 4 is 29.8 Å². The molecule has 140 valence electrons. The average Bonchev–Trinajstić information content (AvgIpc) is 2.99. The lowest BCUT2D eigenvalue weighted by Gasteiger charge is -2.17. The van der Waals surface area contributed by atoms with Crippen LogP contribution in [0.5, 0.6) is 0 Å². The molecule has 0 bridgehead atoms. The number of anilines is 1. The van der Waals surface area contributed by atoms with Gasteiger partial charge in [0.25, 0.3) is 6.02 Å². The molecule has 26 heavy (non-hydrogen) atoms. The monoisotopic (exact) mass is 388 g/mol. The van der Waals surface area contributed by atoms with Crippen LogP contribution in [0.3, 0.4) is 0 Å². The first-order chi connectivity index (χ1) is 11.9. The van der Waals surface area contributed by atoms with Crippen LogP contribution in [0.4, 0.5) is 28.9 Å². The summed E-state index contributed by atoms with van der Waals surface area (Å²) in [6, 6.07) is 10.7. The quantitative estimate of drug-likeness (QED) is 0.642. The highest BCUT2D eigenvalue weighted by Crippen LogP contribution is 2.33. The summed E-state index contributed by atoms with van der Waals surface area (Å²) in [5.74, 6) is -0.391. The van der Waals surface area contributed by atoms with E-state index in [-0.39, 0.29) is 24.5 Å². The molecule has 1 atom stereocenters. The molecule has 2 aromatic rings. The van der Waals surface area contributed by atoms with Gasteiger partial charge in [-0.3, -0.25) is 4.90 Å². The maximum atomic E-state index is 13.0. The first-order valence-electron chi connectivity index (χ1n) is 7.82. The summed E-state index contributed by atoms with van der Waals surface area (Å²) in [4.78, 5) is 5.92. The number of amidine groups is 1. The molecule has 8 heteroatoms. The van der Waals surface area contributed by atoms with E-state index in [9.17, 15) is 17.6 Å². The van der Waals surface area contributed by atoms with Crippen LogP contribution in [0.15, 0.2) is 53.5 Å². The van der Waals surface area contributed by atoms with Gasteiger partial charge in [0.15, 0.2) is 0 Å². The van der Waals surface area contributed by atoms with Crippen LogP contribution in [0.2, 0.25) is 0 Å². The van der Waals surface area contributed by atoms with Gasteiger partial charge in [0.05, 0.1) is 17.8 Å². The van der Waals surface area contributed by atoms with Crippen LogP contribution in [0, 0.1) is 5.82 Å². The van der Waals surface area contributed by atoms with Crippen molar-refractivity contribution in [1.82, 2.24) is 0 Å². The van der Waals surface area contributed by atoms with Crippen LogP contribution >= 0.6 is 12.4 Å². The minimum absolute atomic E-state index is 0. The molecule has 0 radical (unpaired) electrons. The lowest BCUT2D eigenvalue weighted by Crippen LogP contribution is -2.26. The van der Waals surface area contributed by atoms with Crippen molar-refractivity contribution < 1.29 is 22.3 Å². The van der Waals surface area contributed by atoms with E-state index in [0.717, 1.165) is 12.1 Å². The van der Waals surface area contributed by atoms with E-state index in [4.69, 9.17) is 4.74 Å². The van der Waals surface area contributed by atoms with E-state index in [1.54, 1.807) is 11.0 Å². The molecule has 0 aliphatic carbocycles. The maximum Gasteiger partial charge on any atom is 0.416 e. The standard InChI is InChI=1S/C18H16F4N2O.ClH/c1-2-16-11-24(15-5-3-4-12(10-15)18(20,21)22)17(25-16)23-14-8-6-13(19)7-9-14;/h3-10,16H,2,11H2,1H3;1H. The molecule has 1 heterocycles. The molecular weight excluding hydrogens is 372 g/mol. The minimum Gasteiger partial charge on any atom is -0.459 e. The maximum absolute atomic E-state index is 13.0. The van der Waals surface area contributed by atoms with Crippen LogP contribution in [-0.2, 0) is 10.9 Å². The highest BCUT2D eigenvalue weighted by Gasteiger charge is 2.34. The van der Waals surface area contributed by atoms with Gasteiger partial charge in [0.1, 0.15) is 11.9 Å². The molecule has 1 aliphatic heterocycles. The summed E-state index contributed by atoms with van der Waals surface area (Å²) >= 11 is 0. The highest BCUT2D eigenvalue weighted by atomic mass is 35.5. The number of benzene rings is 2. The molecule has 0 aromatic heterocycles. The van der Waals surface area contributed by atoms with Gasteiger partial charge in [-0.05, 0) is 48.9 Å². The molecule has 0 saturated carbocycles. The zero-order chi connectivity index (χ0) is 18.0. The molecular formula is C18H17ClF4N2O. The normalized spacial score (nSPS) is 18.6. The third kappa shape index (κ3) is 4.46. The summed E-state index contributed by atoms with van der Waals surface area (Å²) in [6.45, 7) is 2.33. The second-order valence-corrected chi connectivity index (χ2v) is 5.68. The van der Waals surface area contributed by atoms with Gasteiger partial charge in [-0.2, -0.15) is 18.2 Å². The number of aliphatic imine (C=N–C) groups is 1. The molecule has 0 spiro atoms. The van der Waals surface area contributed by atoms with E-state index in [1.165, 1.54) is 30.3 Å². The van der Waals surface area contributed by atoms with Gasteiger partial charge in [-0.1, -0.05) is 13.0 Å². The summed E-state index contributed by atoms with van der Waals surface area (Å²) in [5, 5.41) is 0. The third-order valence-corrected chi connectivity index (χ3v) is 3.88. The van der Waals surface area contributed by atoms with Crippen molar-refractivity contribution in [1.29, 1.82) is 0 Å². The number of ether oxygens (including phenoxy) is 1. The third-order valence-electron chi connectivity index (χ3n) is 3.88. The van der Waals surface area contributed by atoms with Crippen molar-refractivity contribution in [2.24, 2.45) is 4.99 Å². The topological polar surface area (TPSA) is 24.8 Å². The number of hydrogen-bond donors (Lipinski definition) is 0. The van der Waals surface area contributed by atoms with Crippen LogP contribution in [0.1, 0.15) is 18.9 Å². The predicted octanol–water partition coefficient (Wildman–Crippen LogP) is 5.57. The Bertz CT molecular complexity index is 778. The SMILES string of the molecule is CCC1CN(c2cccc(C(F)(F)F)c2)C(=Nc2ccc(F)cc2)O1.Cl. The van der Waals surface area contributed by atoms with Gasteiger partial charge in [0, 0.05) is 5.69 Å². The highest BCUT2D eigenvalue weighted by molar-refractivity contribution is 5.95. The summed E-state index contributed by atoms with van der Waals surface area (Å²) in [5.41, 5.74) is 0.0860. The minimum atomic E-state index is -4.42. The Balaban J connectivity index is 0.00000243. The summed E-state index contributed by atoms with van der Waals surface area (Å²) < 4.78 is 57.6. The predicted molar refractivity (Wildman–Crippen MR) is 94.7 cm³/mol. The average molecular weight is 389 g/mol. The lowest BCUT2D eigenvalue weighted by molar-refractivity contribution is -0.137. The number of rotatable bonds is 3. The van der Waals surface area contributed by atoms with Crippen molar-refractivity contribution in [2.75, 3.05) is 11.4 Å². The molecule has 3 nitrogen and oxygen atoms in total. The van der Waals surface area contributed by atoms with Crippen LogP contribution in [0.25, 0.3) is 0 Å². The lowest BCUT2D eigenvalue weighted by atomic mass is 10.1.